The minimum atomic E-state index is -0.224. The number of benzene rings is 1. The Balaban J connectivity index is 1.69. The number of hydrogen-bond acceptors (Lipinski definition) is 3. The molecule has 3 nitrogen and oxygen atoms in total. The molecule has 4 heteroatoms. The van der Waals surface area contributed by atoms with Crippen LogP contribution in [0.2, 0.25) is 0 Å². The normalized spacial score (nSPS) is 27.9. The van der Waals surface area contributed by atoms with Crippen molar-refractivity contribution in [1.29, 1.82) is 0 Å². The van der Waals surface area contributed by atoms with Gasteiger partial charge in [-0.15, -0.1) is 0 Å². The molecule has 0 radical (unpaired) electrons. The smallest absolute Gasteiger partial charge is 0.201 e. The summed E-state index contributed by atoms with van der Waals surface area (Å²) in [5.41, 5.74) is 0.863. The third-order valence-electron chi connectivity index (χ3n) is 3.25. The van der Waals surface area contributed by atoms with Gasteiger partial charge in [-0.25, -0.2) is 9.38 Å². The van der Waals surface area contributed by atoms with Gasteiger partial charge >= 0.3 is 0 Å². The van der Waals surface area contributed by atoms with Gasteiger partial charge in [0.05, 0.1) is 12.6 Å². The highest BCUT2D eigenvalue weighted by Crippen LogP contribution is 2.25. The number of halogens is 1. The lowest BCUT2D eigenvalue weighted by molar-refractivity contribution is 0.218. The molecule has 0 bridgehead atoms. The first kappa shape index (κ1) is 10.7. The average Bonchev–Trinajstić information content (AvgIpc) is 3.00. The SMILES string of the molecule is Fc1cccc(C2CN=C(C3CCCN3)O2)c1. The Morgan fingerprint density at radius 3 is 3.12 bits per heavy atom. The Kier molecular flexibility index (Phi) is 2.81. The molecule has 2 aliphatic heterocycles. The van der Waals surface area contributed by atoms with Crippen LogP contribution in [0.3, 0.4) is 0 Å². The highest BCUT2D eigenvalue weighted by molar-refractivity contribution is 5.83. The van der Waals surface area contributed by atoms with Crippen LogP contribution in [0.1, 0.15) is 24.5 Å². The van der Waals surface area contributed by atoms with E-state index in [-0.39, 0.29) is 18.0 Å². The Morgan fingerprint density at radius 1 is 1.41 bits per heavy atom. The molecule has 1 aromatic rings. The molecule has 2 unspecified atom stereocenters. The lowest BCUT2D eigenvalue weighted by Crippen LogP contribution is -2.31. The molecule has 2 atom stereocenters. The van der Waals surface area contributed by atoms with Gasteiger partial charge in [-0.3, -0.25) is 0 Å². The van der Waals surface area contributed by atoms with E-state index in [1.165, 1.54) is 12.1 Å². The van der Waals surface area contributed by atoms with Crippen LogP contribution < -0.4 is 5.32 Å². The van der Waals surface area contributed by atoms with Crippen LogP contribution in [0.25, 0.3) is 0 Å². The Hall–Kier alpha value is -1.42. The van der Waals surface area contributed by atoms with Gasteiger partial charge in [0.15, 0.2) is 0 Å². The molecule has 2 aliphatic rings. The third-order valence-corrected chi connectivity index (χ3v) is 3.25. The van der Waals surface area contributed by atoms with Crippen molar-refractivity contribution in [2.75, 3.05) is 13.1 Å². The number of nitrogens with one attached hydrogen (secondary N) is 1. The van der Waals surface area contributed by atoms with Crippen LogP contribution in [0.15, 0.2) is 29.3 Å². The number of ether oxygens (including phenoxy) is 1. The zero-order chi connectivity index (χ0) is 11.7. The molecule has 0 aliphatic carbocycles. The molecule has 0 spiro atoms. The van der Waals surface area contributed by atoms with Gasteiger partial charge in [-0.2, -0.15) is 0 Å². The minimum absolute atomic E-state index is 0.122. The highest BCUT2D eigenvalue weighted by Gasteiger charge is 2.29. The van der Waals surface area contributed by atoms with Gasteiger partial charge < -0.3 is 10.1 Å². The van der Waals surface area contributed by atoms with Crippen LogP contribution in [-0.2, 0) is 4.74 Å². The summed E-state index contributed by atoms with van der Waals surface area (Å²) < 4.78 is 18.9. The van der Waals surface area contributed by atoms with E-state index in [1.807, 2.05) is 6.07 Å². The van der Waals surface area contributed by atoms with Gasteiger partial charge in [0.25, 0.3) is 0 Å². The molecule has 2 heterocycles. The average molecular weight is 234 g/mol. The Labute approximate surface area is 99.7 Å². The lowest BCUT2D eigenvalue weighted by atomic mass is 10.1. The number of aliphatic imine (C=N–C) groups is 1. The van der Waals surface area contributed by atoms with Crippen molar-refractivity contribution < 1.29 is 9.13 Å². The van der Waals surface area contributed by atoms with Crippen molar-refractivity contribution >= 4 is 5.90 Å². The van der Waals surface area contributed by atoms with Gasteiger partial charge in [-0.1, -0.05) is 12.1 Å². The van der Waals surface area contributed by atoms with Crippen molar-refractivity contribution in [3.05, 3.63) is 35.6 Å². The minimum Gasteiger partial charge on any atom is -0.470 e. The fourth-order valence-electron chi connectivity index (χ4n) is 2.36. The van der Waals surface area contributed by atoms with Gasteiger partial charge in [-0.05, 0) is 37.1 Å². The maximum Gasteiger partial charge on any atom is 0.201 e. The predicted molar refractivity (Wildman–Crippen MR) is 63.6 cm³/mol. The quantitative estimate of drug-likeness (QED) is 0.849. The molecule has 0 saturated carbocycles. The molecule has 0 aromatic heterocycles. The summed E-state index contributed by atoms with van der Waals surface area (Å²) in [5, 5.41) is 3.35. The molecule has 1 saturated heterocycles. The maximum absolute atomic E-state index is 13.1. The second-order valence-corrected chi connectivity index (χ2v) is 4.49. The van der Waals surface area contributed by atoms with E-state index in [0.29, 0.717) is 6.54 Å². The van der Waals surface area contributed by atoms with E-state index in [2.05, 4.69) is 10.3 Å². The number of nitrogens with zero attached hydrogens (tertiary/aromatic N) is 1. The van der Waals surface area contributed by atoms with Crippen LogP contribution in [0.5, 0.6) is 0 Å². The van der Waals surface area contributed by atoms with Gasteiger partial charge in [0.1, 0.15) is 11.9 Å². The van der Waals surface area contributed by atoms with E-state index in [4.69, 9.17) is 4.74 Å². The van der Waals surface area contributed by atoms with Crippen molar-refractivity contribution in [2.24, 2.45) is 4.99 Å². The molecular weight excluding hydrogens is 219 g/mol. The second kappa shape index (κ2) is 4.45. The van der Waals surface area contributed by atoms with Gasteiger partial charge in [0.2, 0.25) is 5.90 Å². The molecule has 17 heavy (non-hydrogen) atoms. The third kappa shape index (κ3) is 2.17. The molecule has 1 aromatic carbocycles. The highest BCUT2D eigenvalue weighted by atomic mass is 19.1. The maximum atomic E-state index is 13.1. The zero-order valence-corrected chi connectivity index (χ0v) is 9.53. The molecular formula is C13H15FN2O. The zero-order valence-electron chi connectivity index (χ0n) is 9.53. The van der Waals surface area contributed by atoms with Gasteiger partial charge in [0, 0.05) is 0 Å². The summed E-state index contributed by atoms with van der Waals surface area (Å²) in [6, 6.07) is 6.81. The molecule has 1 fully saturated rings. The lowest BCUT2D eigenvalue weighted by Gasteiger charge is -2.15. The first-order valence-corrected chi connectivity index (χ1v) is 6.03. The molecule has 1 N–H and O–H groups in total. The fourth-order valence-corrected chi connectivity index (χ4v) is 2.36. The van der Waals surface area contributed by atoms with E-state index < -0.39 is 0 Å². The monoisotopic (exact) mass is 234 g/mol. The van der Waals surface area contributed by atoms with E-state index in [9.17, 15) is 4.39 Å². The summed E-state index contributed by atoms with van der Waals surface area (Å²) in [6.45, 7) is 1.62. The first-order valence-electron chi connectivity index (χ1n) is 6.03. The summed E-state index contributed by atoms with van der Waals surface area (Å²) in [4.78, 5) is 4.41. The molecule has 90 valence electrons. The standard InChI is InChI=1S/C13H15FN2O/c14-10-4-1-3-9(7-10)12-8-16-13(17-12)11-5-2-6-15-11/h1,3-4,7,11-12,15H,2,5-6,8H2. The van der Waals surface area contributed by atoms with Crippen LogP contribution in [0.4, 0.5) is 4.39 Å². The largest absolute Gasteiger partial charge is 0.470 e. The van der Waals surface area contributed by atoms with Crippen LogP contribution in [0, 0.1) is 5.82 Å². The Bertz CT molecular complexity index is 441. The summed E-state index contributed by atoms with van der Waals surface area (Å²) in [5.74, 6) is 0.565. The van der Waals surface area contributed by atoms with Crippen molar-refractivity contribution in [3.8, 4) is 0 Å². The summed E-state index contributed by atoms with van der Waals surface area (Å²) in [7, 11) is 0. The second-order valence-electron chi connectivity index (χ2n) is 4.49. The molecule has 3 rings (SSSR count). The number of hydrogen-bond donors (Lipinski definition) is 1. The summed E-state index contributed by atoms with van der Waals surface area (Å²) in [6.07, 6.45) is 2.12. The number of rotatable bonds is 2. The van der Waals surface area contributed by atoms with Crippen molar-refractivity contribution in [2.45, 2.75) is 25.0 Å². The van der Waals surface area contributed by atoms with E-state index in [0.717, 1.165) is 30.8 Å². The van der Waals surface area contributed by atoms with Crippen LogP contribution in [-0.4, -0.2) is 25.0 Å². The first-order chi connectivity index (χ1) is 8.33. The van der Waals surface area contributed by atoms with Crippen LogP contribution >= 0.6 is 0 Å². The Morgan fingerprint density at radius 2 is 2.35 bits per heavy atom. The van der Waals surface area contributed by atoms with E-state index in [1.54, 1.807) is 6.07 Å². The molecule has 0 amide bonds. The fraction of sp³-hybridized carbons (Fsp3) is 0.462. The van der Waals surface area contributed by atoms with Crippen molar-refractivity contribution in [3.63, 3.8) is 0 Å². The predicted octanol–water partition coefficient (Wildman–Crippen LogP) is 2.05. The van der Waals surface area contributed by atoms with E-state index >= 15 is 0 Å². The van der Waals surface area contributed by atoms with Crippen molar-refractivity contribution in [1.82, 2.24) is 5.32 Å². The topological polar surface area (TPSA) is 33.6 Å². The summed E-state index contributed by atoms with van der Waals surface area (Å²) >= 11 is 0.